The third kappa shape index (κ3) is 3.50. The van der Waals surface area contributed by atoms with Crippen LogP contribution in [-0.4, -0.2) is 25.5 Å². The molecule has 1 aromatic carbocycles. The van der Waals surface area contributed by atoms with E-state index in [1.54, 1.807) is 0 Å². The fourth-order valence-corrected chi connectivity index (χ4v) is 7.30. The van der Waals surface area contributed by atoms with Crippen LogP contribution in [0.2, 0.25) is 0 Å². The largest absolute Gasteiger partial charge is 0.355 e. The predicted octanol–water partition coefficient (Wildman–Crippen LogP) is 4.37. The number of nitrogens with one attached hydrogen (secondary N) is 2. The molecule has 4 aliphatic carbocycles. The number of carbonyl (C=O) groups excluding carboxylic acids is 1. The summed E-state index contributed by atoms with van der Waals surface area (Å²) in [5, 5.41) is 6.88. The van der Waals surface area contributed by atoms with Crippen molar-refractivity contribution in [3.63, 3.8) is 0 Å². The van der Waals surface area contributed by atoms with Crippen LogP contribution in [0.3, 0.4) is 0 Å². The summed E-state index contributed by atoms with van der Waals surface area (Å²) in [4.78, 5) is 13.4. The van der Waals surface area contributed by atoms with E-state index in [9.17, 15) is 4.79 Å². The van der Waals surface area contributed by atoms with Gasteiger partial charge in [0.15, 0.2) is 0 Å². The van der Waals surface area contributed by atoms with Crippen LogP contribution >= 0.6 is 12.4 Å². The van der Waals surface area contributed by atoms with Gasteiger partial charge >= 0.3 is 0 Å². The van der Waals surface area contributed by atoms with Gasteiger partial charge in [0.2, 0.25) is 5.91 Å². The molecule has 2 N–H and O–H groups in total. The number of hydrogen-bond donors (Lipinski definition) is 2. The Labute approximate surface area is 175 Å². The standard InChI is InChI=1S/C24H34N2O.ClH/c1-17-4-6-21(7-5-17)23-10-19-9-20(11-23)13-24(12-19,16-23)22(27)26-15-18-3-2-8-25-14-18;/h4-7,18-20,25H,2-3,8-16H2,1H3,(H,26,27);1H. The number of benzene rings is 1. The highest BCUT2D eigenvalue weighted by atomic mass is 35.5. The van der Waals surface area contributed by atoms with Crippen LogP contribution in [0.15, 0.2) is 24.3 Å². The van der Waals surface area contributed by atoms with E-state index in [1.807, 2.05) is 0 Å². The lowest BCUT2D eigenvalue weighted by molar-refractivity contribution is -0.149. The van der Waals surface area contributed by atoms with Crippen LogP contribution in [0.25, 0.3) is 0 Å². The van der Waals surface area contributed by atoms with E-state index in [2.05, 4.69) is 41.8 Å². The SMILES string of the molecule is Cc1ccc(C23CC4CC(CC(C(=O)NCC5CCCNC5)(C4)C2)C3)cc1.Cl. The Balaban J connectivity index is 0.00000192. The topological polar surface area (TPSA) is 41.1 Å². The van der Waals surface area contributed by atoms with E-state index >= 15 is 0 Å². The highest BCUT2D eigenvalue weighted by Gasteiger charge is 2.60. The summed E-state index contributed by atoms with van der Waals surface area (Å²) in [5.41, 5.74) is 2.98. The lowest BCUT2D eigenvalue weighted by Gasteiger charge is -2.61. The first-order chi connectivity index (χ1) is 13.1. The van der Waals surface area contributed by atoms with Crippen LogP contribution in [0.5, 0.6) is 0 Å². The van der Waals surface area contributed by atoms with Crippen molar-refractivity contribution in [1.29, 1.82) is 0 Å². The number of halogens is 1. The normalized spacial score (nSPS) is 38.7. The van der Waals surface area contributed by atoms with Crippen molar-refractivity contribution >= 4 is 18.3 Å². The van der Waals surface area contributed by atoms with Crippen molar-refractivity contribution in [1.82, 2.24) is 10.6 Å². The van der Waals surface area contributed by atoms with E-state index in [0.717, 1.165) is 50.7 Å². The van der Waals surface area contributed by atoms with Crippen LogP contribution in [0.1, 0.15) is 62.5 Å². The van der Waals surface area contributed by atoms with Gasteiger partial charge in [-0.3, -0.25) is 4.79 Å². The molecular weight excluding hydrogens is 368 g/mol. The molecule has 3 atom stereocenters. The second kappa shape index (κ2) is 7.65. The number of hydrogen-bond acceptors (Lipinski definition) is 2. The minimum absolute atomic E-state index is 0. The highest BCUT2D eigenvalue weighted by molar-refractivity contribution is 5.85. The van der Waals surface area contributed by atoms with E-state index in [0.29, 0.717) is 11.8 Å². The summed E-state index contributed by atoms with van der Waals surface area (Å²) in [6.07, 6.45) is 9.78. The van der Waals surface area contributed by atoms with Crippen molar-refractivity contribution in [3.8, 4) is 0 Å². The fraction of sp³-hybridized carbons (Fsp3) is 0.708. The van der Waals surface area contributed by atoms with Gasteiger partial charge in [0.1, 0.15) is 0 Å². The molecule has 4 saturated carbocycles. The van der Waals surface area contributed by atoms with Gasteiger partial charge in [-0.25, -0.2) is 0 Å². The van der Waals surface area contributed by atoms with Gasteiger partial charge in [0.05, 0.1) is 5.41 Å². The molecule has 28 heavy (non-hydrogen) atoms. The predicted molar refractivity (Wildman–Crippen MR) is 116 cm³/mol. The summed E-state index contributed by atoms with van der Waals surface area (Å²) >= 11 is 0. The average Bonchev–Trinajstić information content (AvgIpc) is 2.66. The van der Waals surface area contributed by atoms with Gasteiger partial charge < -0.3 is 10.6 Å². The number of carbonyl (C=O) groups is 1. The van der Waals surface area contributed by atoms with E-state index in [1.165, 1.54) is 43.2 Å². The Morgan fingerprint density at radius 3 is 2.50 bits per heavy atom. The van der Waals surface area contributed by atoms with Crippen LogP contribution in [0.4, 0.5) is 0 Å². The maximum atomic E-state index is 13.4. The van der Waals surface area contributed by atoms with Crippen LogP contribution in [0, 0.1) is 30.1 Å². The molecule has 0 radical (unpaired) electrons. The Bertz CT molecular complexity index is 696. The van der Waals surface area contributed by atoms with Gasteiger partial charge in [-0.15, -0.1) is 12.4 Å². The molecule has 5 aliphatic rings. The molecule has 3 unspecified atom stereocenters. The molecule has 1 amide bonds. The minimum Gasteiger partial charge on any atom is -0.355 e. The quantitative estimate of drug-likeness (QED) is 0.785. The summed E-state index contributed by atoms with van der Waals surface area (Å²) in [5.74, 6) is 2.48. The molecule has 1 aromatic rings. The first-order valence-electron chi connectivity index (χ1n) is 11.1. The molecule has 0 aromatic heterocycles. The van der Waals surface area contributed by atoms with Crippen molar-refractivity contribution in [2.24, 2.45) is 23.2 Å². The average molecular weight is 403 g/mol. The van der Waals surface area contributed by atoms with Gasteiger partial charge in [-0.2, -0.15) is 0 Å². The Kier molecular flexibility index (Phi) is 5.52. The summed E-state index contributed by atoms with van der Waals surface area (Å²) < 4.78 is 0. The maximum absolute atomic E-state index is 13.4. The maximum Gasteiger partial charge on any atom is 0.226 e. The Morgan fingerprint density at radius 2 is 1.86 bits per heavy atom. The molecular formula is C24H35ClN2O. The van der Waals surface area contributed by atoms with Crippen molar-refractivity contribution in [2.75, 3.05) is 19.6 Å². The third-order valence-corrected chi connectivity index (χ3v) is 8.16. The van der Waals surface area contributed by atoms with Crippen molar-refractivity contribution < 1.29 is 4.79 Å². The molecule has 154 valence electrons. The van der Waals surface area contributed by atoms with Gasteiger partial charge in [-0.05, 0) is 100 Å². The molecule has 1 aliphatic heterocycles. The van der Waals surface area contributed by atoms with Gasteiger partial charge in [0.25, 0.3) is 0 Å². The van der Waals surface area contributed by atoms with Crippen LogP contribution < -0.4 is 10.6 Å². The third-order valence-electron chi connectivity index (χ3n) is 8.16. The molecule has 4 heteroatoms. The van der Waals surface area contributed by atoms with Gasteiger partial charge in [-0.1, -0.05) is 29.8 Å². The molecule has 0 spiro atoms. The number of piperidine rings is 1. The number of rotatable bonds is 4. The Hall–Kier alpha value is -1.06. The zero-order valence-electron chi connectivity index (χ0n) is 17.1. The first kappa shape index (κ1) is 20.2. The molecule has 6 rings (SSSR count). The van der Waals surface area contributed by atoms with Crippen molar-refractivity contribution in [3.05, 3.63) is 35.4 Å². The first-order valence-corrected chi connectivity index (χ1v) is 11.1. The minimum atomic E-state index is -0.100. The summed E-state index contributed by atoms with van der Waals surface area (Å²) in [7, 11) is 0. The zero-order valence-corrected chi connectivity index (χ0v) is 18.0. The molecule has 1 heterocycles. The molecule has 3 nitrogen and oxygen atoms in total. The summed E-state index contributed by atoms with van der Waals surface area (Å²) in [6.45, 7) is 5.22. The zero-order chi connectivity index (χ0) is 18.5. The van der Waals surface area contributed by atoms with E-state index in [-0.39, 0.29) is 23.2 Å². The smallest absolute Gasteiger partial charge is 0.226 e. The fourth-order valence-electron chi connectivity index (χ4n) is 7.30. The Morgan fingerprint density at radius 1 is 1.14 bits per heavy atom. The lowest BCUT2D eigenvalue weighted by Crippen LogP contribution is -2.59. The summed E-state index contributed by atoms with van der Waals surface area (Å²) in [6, 6.07) is 9.22. The van der Waals surface area contributed by atoms with E-state index in [4.69, 9.17) is 0 Å². The second-order valence-corrected chi connectivity index (χ2v) is 10.3. The van der Waals surface area contributed by atoms with E-state index < -0.39 is 0 Å². The van der Waals surface area contributed by atoms with Crippen molar-refractivity contribution in [2.45, 2.75) is 63.7 Å². The number of aryl methyl sites for hydroxylation is 1. The van der Waals surface area contributed by atoms with Crippen LogP contribution in [-0.2, 0) is 10.2 Å². The monoisotopic (exact) mass is 402 g/mol. The molecule has 4 bridgehead atoms. The highest BCUT2D eigenvalue weighted by Crippen LogP contribution is 2.65. The second-order valence-electron chi connectivity index (χ2n) is 10.3. The lowest BCUT2D eigenvalue weighted by atomic mass is 9.42. The molecule has 1 saturated heterocycles. The number of amides is 1. The molecule has 5 fully saturated rings. The van der Waals surface area contributed by atoms with Gasteiger partial charge in [0, 0.05) is 6.54 Å².